The number of hydrogen-bond donors (Lipinski definition) is 2. The first-order valence-electron chi connectivity index (χ1n) is 19.8. The van der Waals surface area contributed by atoms with Crippen LogP contribution in [0.2, 0.25) is 0 Å². The van der Waals surface area contributed by atoms with Crippen molar-refractivity contribution in [3.63, 3.8) is 0 Å². The monoisotopic (exact) mass is 862 g/mol. The molecule has 2 amide bonds. The van der Waals surface area contributed by atoms with Crippen molar-refractivity contribution in [1.82, 2.24) is 49.5 Å². The van der Waals surface area contributed by atoms with Crippen molar-refractivity contribution in [2.24, 2.45) is 0 Å². The van der Waals surface area contributed by atoms with Gasteiger partial charge in [0.15, 0.2) is 29.1 Å². The molecule has 0 radical (unpaired) electrons. The lowest BCUT2D eigenvalue weighted by Gasteiger charge is -2.26. The number of benzene rings is 2. The number of alkyl halides is 6. The van der Waals surface area contributed by atoms with E-state index in [0.29, 0.717) is 38.9 Å². The molecule has 2 N–H and O–H groups in total. The average molecular weight is 863 g/mol. The molecule has 10 rings (SSSR count). The number of carbonyl (C=O) groups is 2. The molecule has 20 heteroatoms. The van der Waals surface area contributed by atoms with Gasteiger partial charge in [0.25, 0.3) is 5.91 Å². The summed E-state index contributed by atoms with van der Waals surface area (Å²) in [5.41, 5.74) is 0.892. The molecule has 63 heavy (non-hydrogen) atoms. The zero-order valence-corrected chi connectivity index (χ0v) is 32.6. The molecule has 0 bridgehead atoms. The molecule has 0 spiro atoms. The summed E-state index contributed by atoms with van der Waals surface area (Å²) >= 11 is 0. The molecule has 2 aliphatic rings. The summed E-state index contributed by atoms with van der Waals surface area (Å²) in [5.74, 6) is -2.72. The highest BCUT2D eigenvalue weighted by Gasteiger charge is 2.41. The third-order valence-corrected chi connectivity index (χ3v) is 10.9. The van der Waals surface area contributed by atoms with E-state index < -0.39 is 47.5 Å². The van der Waals surface area contributed by atoms with Gasteiger partial charge in [0.05, 0.1) is 35.2 Å². The van der Waals surface area contributed by atoms with Crippen LogP contribution in [0.25, 0.3) is 33.6 Å². The van der Waals surface area contributed by atoms with Gasteiger partial charge in [0.2, 0.25) is 5.91 Å². The van der Waals surface area contributed by atoms with E-state index in [1.165, 1.54) is 36.7 Å². The number of carbonyl (C=O) groups excluding carboxylic acids is 2. The van der Waals surface area contributed by atoms with Crippen LogP contribution in [0.5, 0.6) is 0 Å². The van der Waals surface area contributed by atoms with Crippen molar-refractivity contribution in [2.75, 3.05) is 10.6 Å². The van der Waals surface area contributed by atoms with Gasteiger partial charge in [-0.15, -0.1) is 0 Å². The number of nitrogens with zero attached hydrogens (tertiary/aromatic N) is 10. The first kappa shape index (κ1) is 39.6. The van der Waals surface area contributed by atoms with Crippen LogP contribution >= 0.6 is 0 Å². The van der Waals surface area contributed by atoms with E-state index in [1.54, 1.807) is 60.8 Å². The summed E-state index contributed by atoms with van der Waals surface area (Å²) in [6.07, 6.45) is -2.24. The summed E-state index contributed by atoms with van der Waals surface area (Å²) in [4.78, 5) is 43.8. The fourth-order valence-electron chi connectivity index (χ4n) is 7.54. The lowest BCUT2D eigenvalue weighted by Crippen LogP contribution is -2.38. The molecule has 2 saturated carbocycles. The van der Waals surface area contributed by atoms with Gasteiger partial charge in [0, 0.05) is 34.8 Å². The number of amides is 2. The third-order valence-electron chi connectivity index (χ3n) is 10.9. The van der Waals surface area contributed by atoms with Crippen molar-refractivity contribution in [1.29, 1.82) is 0 Å². The molecule has 8 aromatic rings. The van der Waals surface area contributed by atoms with Gasteiger partial charge < -0.3 is 10.6 Å². The quantitative estimate of drug-likeness (QED) is 0.121. The van der Waals surface area contributed by atoms with E-state index in [2.05, 4.69) is 46.0 Å². The summed E-state index contributed by atoms with van der Waals surface area (Å²) in [6, 6.07) is 21.9. The zero-order chi connectivity index (χ0) is 43.6. The Morgan fingerprint density at radius 3 is 1.62 bits per heavy atom. The van der Waals surface area contributed by atoms with Crippen LogP contribution in [0.1, 0.15) is 77.8 Å². The van der Waals surface area contributed by atoms with E-state index in [1.807, 2.05) is 0 Å². The van der Waals surface area contributed by atoms with Gasteiger partial charge in [-0.3, -0.25) is 14.6 Å². The van der Waals surface area contributed by atoms with Crippen LogP contribution in [0.15, 0.2) is 110 Å². The lowest BCUT2D eigenvalue weighted by molar-refractivity contribution is -0.142. The van der Waals surface area contributed by atoms with Crippen LogP contribution in [-0.4, -0.2) is 61.3 Å². The van der Waals surface area contributed by atoms with E-state index in [-0.39, 0.29) is 34.8 Å². The van der Waals surface area contributed by atoms with Crippen LogP contribution < -0.4 is 10.6 Å². The Labute approximate surface area is 352 Å². The Kier molecular flexibility index (Phi) is 9.52. The third kappa shape index (κ3) is 7.94. The molecular weight excluding hydrogens is 831 g/mol. The Hall–Kier alpha value is -7.51. The van der Waals surface area contributed by atoms with Gasteiger partial charge in [0.1, 0.15) is 11.0 Å². The Morgan fingerprint density at radius 1 is 0.587 bits per heavy atom. The molecule has 2 unspecified atom stereocenters. The second kappa shape index (κ2) is 15.1. The van der Waals surface area contributed by atoms with Gasteiger partial charge in [-0.05, 0) is 98.0 Å². The van der Waals surface area contributed by atoms with E-state index in [4.69, 9.17) is 0 Å². The van der Waals surface area contributed by atoms with Crippen molar-refractivity contribution in [2.45, 2.75) is 61.8 Å². The summed E-state index contributed by atoms with van der Waals surface area (Å²) < 4.78 is 84.2. The molecule has 2 atom stereocenters. The Balaban J connectivity index is 1.00. The maximum Gasteiger partial charge on any atom is 0.435 e. The highest BCUT2D eigenvalue weighted by molar-refractivity contribution is 6.03. The first-order valence-corrected chi connectivity index (χ1v) is 19.8. The van der Waals surface area contributed by atoms with Gasteiger partial charge in [-0.1, -0.05) is 24.3 Å². The van der Waals surface area contributed by atoms with Crippen LogP contribution in [0.4, 0.5) is 37.7 Å². The Bertz CT molecular complexity index is 2990. The fraction of sp³-hybridized carbons (Fsp3) is 0.233. The van der Waals surface area contributed by atoms with Crippen LogP contribution in [-0.2, 0) is 21.9 Å². The first-order chi connectivity index (χ1) is 30.3. The maximum atomic E-state index is 14.8. The largest absolute Gasteiger partial charge is 0.435 e. The molecular formula is C43H32F6N12O2. The topological polar surface area (TPSA) is 163 Å². The number of hydrogen-bond acceptors (Lipinski definition) is 9. The molecule has 14 nitrogen and oxygen atoms in total. The van der Waals surface area contributed by atoms with E-state index in [9.17, 15) is 35.9 Å². The average Bonchev–Trinajstić information content (AvgIpc) is 4.15. The minimum atomic E-state index is -4.66. The maximum absolute atomic E-state index is 14.8. The second-order valence-electron chi connectivity index (χ2n) is 15.5. The predicted octanol–water partition coefficient (Wildman–Crippen LogP) is 8.54. The predicted molar refractivity (Wildman–Crippen MR) is 215 cm³/mol. The summed E-state index contributed by atoms with van der Waals surface area (Å²) in [6.45, 7) is 0. The second-order valence-corrected chi connectivity index (χ2v) is 15.5. The zero-order valence-electron chi connectivity index (χ0n) is 32.6. The number of pyridine rings is 3. The number of nitrogens with one attached hydrogen (secondary N) is 2. The molecule has 6 aromatic heterocycles. The van der Waals surface area contributed by atoms with Crippen LogP contribution in [0.3, 0.4) is 0 Å². The molecule has 6 heterocycles. The van der Waals surface area contributed by atoms with Crippen LogP contribution in [0, 0.1) is 0 Å². The van der Waals surface area contributed by atoms with Crippen molar-refractivity contribution < 1.29 is 35.9 Å². The number of rotatable bonds is 11. The van der Waals surface area contributed by atoms with Gasteiger partial charge in [-0.2, -0.15) is 51.5 Å². The SMILES string of the molecule is O=C(Nc1ccc(-n2nc(C(F)(F)F)cc2C2CC2)nc1)C(c1ccc2ncccc2c1)C(C(=O)Nc1ccc(-n2nc(C(F)(F)F)cc2C2CC2)nc1)n1nc2ccccc2n1. The van der Waals surface area contributed by atoms with E-state index >= 15 is 0 Å². The molecule has 2 fully saturated rings. The molecule has 318 valence electrons. The van der Waals surface area contributed by atoms with Gasteiger partial charge >= 0.3 is 12.4 Å². The molecule has 2 aromatic carbocycles. The lowest BCUT2D eigenvalue weighted by atomic mass is 9.89. The summed E-state index contributed by atoms with van der Waals surface area (Å²) in [5, 5.41) is 23.1. The van der Waals surface area contributed by atoms with E-state index in [0.717, 1.165) is 52.0 Å². The minimum Gasteiger partial charge on any atom is -0.324 e. The Morgan fingerprint density at radius 2 is 1.13 bits per heavy atom. The molecule has 2 aliphatic carbocycles. The van der Waals surface area contributed by atoms with Crippen molar-refractivity contribution in [3.8, 4) is 11.6 Å². The summed E-state index contributed by atoms with van der Waals surface area (Å²) in [7, 11) is 0. The van der Waals surface area contributed by atoms with Gasteiger partial charge in [-0.25, -0.2) is 19.3 Å². The standard InChI is InChI=1S/C43H32F6N12O2/c44-42(45,46)34-19-32(23-7-8-23)59(57-34)36-15-12-27(21-51-36)53-40(62)38(26-11-14-29-25(18-26)4-3-17-50-29)39(61-55-30-5-1-2-6-31(30)56-61)41(63)54-28-13-16-37(52-22-28)60-33(24-9-10-24)20-35(58-60)43(47,48)49/h1-6,11-24,38-39H,7-10H2,(H,53,62)(H,54,63). The number of halogens is 6. The van der Waals surface area contributed by atoms with Crippen molar-refractivity contribution >= 4 is 45.1 Å². The molecule has 0 saturated heterocycles. The highest BCUT2D eigenvalue weighted by Crippen LogP contribution is 2.44. The number of aromatic nitrogens is 10. The smallest absolute Gasteiger partial charge is 0.324 e. The molecule has 0 aliphatic heterocycles. The number of anilines is 2. The fourth-order valence-corrected chi connectivity index (χ4v) is 7.54. The minimum absolute atomic E-state index is 0.0832. The number of fused-ring (bicyclic) bond motifs is 2. The van der Waals surface area contributed by atoms with Crippen molar-refractivity contribution in [3.05, 3.63) is 138 Å². The highest BCUT2D eigenvalue weighted by atomic mass is 19.4. The normalized spacial score (nSPS) is 15.4.